The second-order valence-corrected chi connectivity index (χ2v) is 6.25. The summed E-state index contributed by atoms with van der Waals surface area (Å²) in [6.45, 7) is 4.09. The van der Waals surface area contributed by atoms with Gasteiger partial charge in [-0.05, 0) is 63.9 Å². The zero-order chi connectivity index (χ0) is 14.0. The third-order valence-corrected chi connectivity index (χ3v) is 3.85. The van der Waals surface area contributed by atoms with Gasteiger partial charge in [-0.15, -0.1) is 0 Å². The Morgan fingerprint density at radius 3 is 2.58 bits per heavy atom. The lowest BCUT2D eigenvalue weighted by Crippen LogP contribution is -2.17. The van der Waals surface area contributed by atoms with Crippen LogP contribution in [-0.2, 0) is 0 Å². The van der Waals surface area contributed by atoms with Crippen LogP contribution in [0.3, 0.4) is 0 Å². The molecule has 0 saturated heterocycles. The first-order valence-corrected chi connectivity index (χ1v) is 7.51. The normalized spacial score (nSPS) is 10.8. The van der Waals surface area contributed by atoms with E-state index in [2.05, 4.69) is 37.2 Å². The lowest BCUT2D eigenvalue weighted by atomic mass is 10.3. The molecule has 5 heteroatoms. The number of nitrogens with zero attached hydrogens (tertiary/aromatic N) is 1. The standard InChI is InChI=1S/C14H14Br2N2O/c1-9(2)18-8-10(15)7-13(18)14(19)17-12-6-4-3-5-11(12)16/h3-9H,1-2H3,(H,17,19). The predicted octanol–water partition coefficient (Wildman–Crippen LogP) is 4.85. The zero-order valence-corrected chi connectivity index (χ0v) is 13.8. The van der Waals surface area contributed by atoms with Gasteiger partial charge in [-0.3, -0.25) is 4.79 Å². The van der Waals surface area contributed by atoms with Gasteiger partial charge in [0.15, 0.2) is 0 Å². The van der Waals surface area contributed by atoms with Gasteiger partial charge in [0.1, 0.15) is 5.69 Å². The van der Waals surface area contributed by atoms with Gasteiger partial charge in [-0.1, -0.05) is 12.1 Å². The molecule has 0 bridgehead atoms. The van der Waals surface area contributed by atoms with Crippen molar-refractivity contribution in [2.45, 2.75) is 19.9 Å². The number of hydrogen-bond donors (Lipinski definition) is 1. The highest BCUT2D eigenvalue weighted by Gasteiger charge is 2.15. The third-order valence-electron chi connectivity index (χ3n) is 2.73. The average Bonchev–Trinajstić information content (AvgIpc) is 2.74. The summed E-state index contributed by atoms with van der Waals surface area (Å²) in [6, 6.07) is 9.61. The van der Waals surface area contributed by atoms with E-state index in [-0.39, 0.29) is 11.9 Å². The number of rotatable bonds is 3. The Morgan fingerprint density at radius 1 is 1.26 bits per heavy atom. The van der Waals surface area contributed by atoms with Gasteiger partial charge in [-0.2, -0.15) is 0 Å². The molecule has 1 aromatic heterocycles. The minimum absolute atomic E-state index is 0.119. The van der Waals surface area contributed by atoms with Crippen molar-refractivity contribution >= 4 is 43.5 Å². The van der Waals surface area contributed by atoms with Gasteiger partial charge in [0.25, 0.3) is 5.91 Å². The number of hydrogen-bond acceptors (Lipinski definition) is 1. The molecule has 1 amide bonds. The molecule has 0 aliphatic rings. The summed E-state index contributed by atoms with van der Waals surface area (Å²) in [7, 11) is 0. The highest BCUT2D eigenvalue weighted by atomic mass is 79.9. The van der Waals surface area contributed by atoms with Crippen molar-refractivity contribution in [2.24, 2.45) is 0 Å². The van der Waals surface area contributed by atoms with E-state index in [0.29, 0.717) is 5.69 Å². The maximum Gasteiger partial charge on any atom is 0.272 e. The van der Waals surface area contributed by atoms with E-state index in [4.69, 9.17) is 0 Å². The van der Waals surface area contributed by atoms with Crippen LogP contribution in [0, 0.1) is 0 Å². The van der Waals surface area contributed by atoms with Gasteiger partial charge in [0.2, 0.25) is 0 Å². The molecular weight excluding hydrogens is 372 g/mol. The Balaban J connectivity index is 2.28. The molecule has 1 heterocycles. The molecule has 2 rings (SSSR count). The van der Waals surface area contributed by atoms with Crippen LogP contribution in [-0.4, -0.2) is 10.5 Å². The molecule has 0 atom stereocenters. The topological polar surface area (TPSA) is 34.0 Å². The number of benzene rings is 1. The van der Waals surface area contributed by atoms with Gasteiger partial charge in [0, 0.05) is 21.2 Å². The fourth-order valence-corrected chi connectivity index (χ4v) is 2.63. The van der Waals surface area contributed by atoms with Crippen LogP contribution >= 0.6 is 31.9 Å². The number of halogens is 2. The van der Waals surface area contributed by atoms with Crippen molar-refractivity contribution in [1.82, 2.24) is 4.57 Å². The number of carbonyl (C=O) groups excluding carboxylic acids is 1. The lowest BCUT2D eigenvalue weighted by Gasteiger charge is -2.13. The van der Waals surface area contributed by atoms with Crippen molar-refractivity contribution in [1.29, 1.82) is 0 Å². The Kier molecular flexibility index (Phi) is 4.47. The Hall–Kier alpha value is -1.07. The molecule has 0 unspecified atom stereocenters. The Bertz CT molecular complexity index is 605. The molecule has 19 heavy (non-hydrogen) atoms. The van der Waals surface area contributed by atoms with Crippen LogP contribution < -0.4 is 5.32 Å². The summed E-state index contributed by atoms with van der Waals surface area (Å²) in [6.07, 6.45) is 1.92. The molecule has 100 valence electrons. The monoisotopic (exact) mass is 384 g/mol. The molecule has 1 aromatic carbocycles. The number of amides is 1. The van der Waals surface area contributed by atoms with Crippen LogP contribution in [0.1, 0.15) is 30.4 Å². The molecule has 0 radical (unpaired) electrons. The molecule has 1 N–H and O–H groups in total. The van der Waals surface area contributed by atoms with Crippen LogP contribution in [0.5, 0.6) is 0 Å². The summed E-state index contributed by atoms with van der Waals surface area (Å²) in [5, 5.41) is 2.91. The van der Waals surface area contributed by atoms with Gasteiger partial charge in [0.05, 0.1) is 5.69 Å². The van der Waals surface area contributed by atoms with Crippen molar-refractivity contribution in [3.63, 3.8) is 0 Å². The van der Waals surface area contributed by atoms with Gasteiger partial charge in [-0.25, -0.2) is 0 Å². The molecule has 0 aliphatic carbocycles. The molecule has 2 aromatic rings. The highest BCUT2D eigenvalue weighted by molar-refractivity contribution is 9.10. The number of aromatic nitrogens is 1. The summed E-state index contributed by atoms with van der Waals surface area (Å²) >= 11 is 6.83. The fourth-order valence-electron chi connectivity index (χ4n) is 1.80. The molecule has 0 aliphatic heterocycles. The van der Waals surface area contributed by atoms with Gasteiger partial charge >= 0.3 is 0 Å². The average molecular weight is 386 g/mol. The van der Waals surface area contributed by atoms with Gasteiger partial charge < -0.3 is 9.88 Å². The van der Waals surface area contributed by atoms with Crippen LogP contribution in [0.25, 0.3) is 0 Å². The number of para-hydroxylation sites is 1. The van der Waals surface area contributed by atoms with Crippen LogP contribution in [0.2, 0.25) is 0 Å². The second kappa shape index (κ2) is 5.92. The van der Waals surface area contributed by atoms with E-state index in [9.17, 15) is 4.79 Å². The van der Waals surface area contributed by atoms with Crippen molar-refractivity contribution < 1.29 is 4.79 Å². The second-order valence-electron chi connectivity index (χ2n) is 4.48. The number of anilines is 1. The SMILES string of the molecule is CC(C)n1cc(Br)cc1C(=O)Nc1ccccc1Br. The first kappa shape index (κ1) is 14.3. The van der Waals surface area contributed by atoms with Crippen molar-refractivity contribution in [3.05, 3.63) is 51.2 Å². The maximum atomic E-state index is 12.3. The minimum atomic E-state index is -0.119. The Morgan fingerprint density at radius 2 is 1.95 bits per heavy atom. The van der Waals surface area contributed by atoms with Crippen molar-refractivity contribution in [3.8, 4) is 0 Å². The van der Waals surface area contributed by atoms with Crippen LogP contribution in [0.15, 0.2) is 45.5 Å². The first-order valence-electron chi connectivity index (χ1n) is 5.92. The maximum absolute atomic E-state index is 12.3. The number of nitrogens with one attached hydrogen (secondary N) is 1. The summed E-state index contributed by atoms with van der Waals surface area (Å²) < 4.78 is 3.71. The van der Waals surface area contributed by atoms with Crippen LogP contribution in [0.4, 0.5) is 5.69 Å². The smallest absolute Gasteiger partial charge is 0.272 e. The molecule has 0 spiro atoms. The largest absolute Gasteiger partial charge is 0.340 e. The predicted molar refractivity (Wildman–Crippen MR) is 84.6 cm³/mol. The summed E-state index contributed by atoms with van der Waals surface area (Å²) in [5.41, 5.74) is 1.40. The fraction of sp³-hybridized carbons (Fsp3) is 0.214. The quantitative estimate of drug-likeness (QED) is 0.805. The first-order chi connectivity index (χ1) is 8.99. The van der Waals surface area contributed by atoms with E-state index in [1.807, 2.05) is 54.9 Å². The van der Waals surface area contributed by atoms with E-state index < -0.39 is 0 Å². The lowest BCUT2D eigenvalue weighted by molar-refractivity contribution is 0.101. The highest BCUT2D eigenvalue weighted by Crippen LogP contribution is 2.24. The van der Waals surface area contributed by atoms with Crippen molar-refractivity contribution in [2.75, 3.05) is 5.32 Å². The molecule has 0 fully saturated rings. The molecule has 0 saturated carbocycles. The molecular formula is C14H14Br2N2O. The summed E-state index contributed by atoms with van der Waals surface area (Å²) in [5.74, 6) is -0.119. The third kappa shape index (κ3) is 3.28. The van der Waals surface area contributed by atoms with E-state index in [1.54, 1.807) is 0 Å². The summed E-state index contributed by atoms with van der Waals surface area (Å²) in [4.78, 5) is 12.3. The number of carbonyl (C=O) groups is 1. The minimum Gasteiger partial charge on any atom is -0.340 e. The van der Waals surface area contributed by atoms with E-state index in [0.717, 1.165) is 14.6 Å². The molecule has 3 nitrogen and oxygen atoms in total. The van der Waals surface area contributed by atoms with E-state index >= 15 is 0 Å². The Labute approximate surface area is 129 Å². The van der Waals surface area contributed by atoms with E-state index in [1.165, 1.54) is 0 Å². The zero-order valence-electron chi connectivity index (χ0n) is 10.7.